The minimum Gasteiger partial charge on any atom is -0.444 e. The Balaban J connectivity index is 1.57. The van der Waals surface area contributed by atoms with Crippen molar-refractivity contribution in [1.82, 2.24) is 14.8 Å². The van der Waals surface area contributed by atoms with Gasteiger partial charge in [-0.1, -0.05) is 11.6 Å². The van der Waals surface area contributed by atoms with Crippen LogP contribution in [0.25, 0.3) is 0 Å². The zero-order valence-corrected chi connectivity index (χ0v) is 17.1. The van der Waals surface area contributed by atoms with Crippen LogP contribution in [0.4, 0.5) is 10.5 Å². The normalized spacial score (nSPS) is 20.6. The first-order valence-electron chi connectivity index (χ1n) is 9.31. The minimum atomic E-state index is -0.511. The second kappa shape index (κ2) is 7.64. The number of carbonyl (C=O) groups excluding carboxylic acids is 2. The maximum Gasteiger partial charge on any atom is 0.410 e. The van der Waals surface area contributed by atoms with Crippen LogP contribution in [0.3, 0.4) is 0 Å². The van der Waals surface area contributed by atoms with Crippen LogP contribution in [0, 0.1) is 0 Å². The molecule has 7 nitrogen and oxygen atoms in total. The Kier molecular flexibility index (Phi) is 5.63. The highest BCUT2D eigenvalue weighted by Crippen LogP contribution is 2.32. The number of anilines is 1. The predicted octanol–water partition coefficient (Wildman–Crippen LogP) is 2.57. The molecule has 1 fully saturated rings. The van der Waals surface area contributed by atoms with Crippen LogP contribution in [0.2, 0.25) is 5.15 Å². The van der Waals surface area contributed by atoms with Gasteiger partial charge in [-0.15, -0.1) is 0 Å². The lowest BCUT2D eigenvalue weighted by Crippen LogP contribution is -2.56. The van der Waals surface area contributed by atoms with Gasteiger partial charge >= 0.3 is 6.09 Å². The van der Waals surface area contributed by atoms with E-state index in [1.54, 1.807) is 16.0 Å². The Morgan fingerprint density at radius 2 is 2.04 bits per heavy atom. The van der Waals surface area contributed by atoms with Gasteiger partial charge in [0.25, 0.3) is 0 Å². The molecule has 0 aromatic carbocycles. The molecule has 0 radical (unpaired) electrons. The topological polar surface area (TPSA) is 66.0 Å². The van der Waals surface area contributed by atoms with E-state index >= 15 is 0 Å². The molecule has 2 amide bonds. The molecule has 0 aliphatic carbocycles. The Morgan fingerprint density at radius 3 is 2.70 bits per heavy atom. The molecule has 1 aromatic rings. The summed E-state index contributed by atoms with van der Waals surface area (Å²) in [6.07, 6.45) is 2.07. The van der Waals surface area contributed by atoms with Gasteiger partial charge < -0.3 is 14.5 Å². The minimum absolute atomic E-state index is 0.00842. The third-order valence-corrected chi connectivity index (χ3v) is 5.18. The predicted molar refractivity (Wildman–Crippen MR) is 104 cm³/mol. The van der Waals surface area contributed by atoms with Crippen molar-refractivity contribution in [2.75, 3.05) is 37.6 Å². The largest absolute Gasteiger partial charge is 0.444 e. The van der Waals surface area contributed by atoms with Crippen molar-refractivity contribution in [2.24, 2.45) is 0 Å². The quantitative estimate of drug-likeness (QED) is 0.721. The highest BCUT2D eigenvalue weighted by Gasteiger charge is 2.33. The molecule has 1 atom stereocenters. The van der Waals surface area contributed by atoms with Gasteiger partial charge in [0.1, 0.15) is 10.8 Å². The van der Waals surface area contributed by atoms with Crippen LogP contribution in [0.15, 0.2) is 12.3 Å². The van der Waals surface area contributed by atoms with Crippen molar-refractivity contribution >= 4 is 29.3 Å². The number of pyridine rings is 1. The lowest BCUT2D eigenvalue weighted by atomic mass is 10.2. The number of carbonyl (C=O) groups is 2. The van der Waals surface area contributed by atoms with E-state index in [0.717, 1.165) is 17.7 Å². The first kappa shape index (κ1) is 19.9. The van der Waals surface area contributed by atoms with Crippen LogP contribution in [-0.4, -0.2) is 71.2 Å². The first-order chi connectivity index (χ1) is 12.7. The third-order valence-electron chi connectivity index (χ3n) is 4.85. The Hall–Kier alpha value is -1.86. The van der Waals surface area contributed by atoms with Crippen molar-refractivity contribution in [3.8, 4) is 0 Å². The van der Waals surface area contributed by atoms with Gasteiger partial charge in [-0.05, 0) is 40.2 Å². The second-order valence-electron chi connectivity index (χ2n) is 8.15. The van der Waals surface area contributed by atoms with E-state index in [1.807, 2.05) is 33.8 Å². The van der Waals surface area contributed by atoms with E-state index in [2.05, 4.69) is 9.88 Å². The number of fused-ring (bicyclic) bond motifs is 1. The average molecular weight is 395 g/mol. The molecule has 2 aliphatic heterocycles. The molecule has 2 aliphatic rings. The molecule has 0 N–H and O–H groups in total. The number of nitrogens with zero attached hydrogens (tertiary/aromatic N) is 4. The van der Waals surface area contributed by atoms with Crippen molar-refractivity contribution in [3.05, 3.63) is 23.0 Å². The monoisotopic (exact) mass is 394 g/mol. The van der Waals surface area contributed by atoms with Crippen LogP contribution >= 0.6 is 11.6 Å². The summed E-state index contributed by atoms with van der Waals surface area (Å²) in [6, 6.07) is 1.83. The Morgan fingerprint density at radius 1 is 1.30 bits per heavy atom. The highest BCUT2D eigenvalue weighted by atomic mass is 35.5. The SMILES string of the molecule is CC1CN(CC(=O)N2CCc3c2ccnc3Cl)CCN1C(=O)OC(C)(C)C. The van der Waals surface area contributed by atoms with Crippen LogP contribution in [0.1, 0.15) is 33.3 Å². The number of rotatable bonds is 2. The van der Waals surface area contributed by atoms with E-state index in [4.69, 9.17) is 16.3 Å². The molecule has 0 spiro atoms. The number of hydrogen-bond acceptors (Lipinski definition) is 5. The summed E-state index contributed by atoms with van der Waals surface area (Å²) in [4.78, 5) is 34.8. The molecule has 1 saturated heterocycles. The standard InChI is InChI=1S/C19H27ClN4O3/c1-13-11-22(9-10-23(13)18(26)27-19(2,3)4)12-16(25)24-8-6-14-15(24)5-7-21-17(14)20/h5,7,13H,6,8-12H2,1-4H3. The summed E-state index contributed by atoms with van der Waals surface area (Å²) >= 11 is 6.13. The van der Waals surface area contributed by atoms with Gasteiger partial charge in [-0.3, -0.25) is 9.69 Å². The molecule has 3 rings (SSSR count). The van der Waals surface area contributed by atoms with Crippen LogP contribution in [0.5, 0.6) is 0 Å². The number of aromatic nitrogens is 1. The van der Waals surface area contributed by atoms with Gasteiger partial charge in [-0.2, -0.15) is 0 Å². The van der Waals surface area contributed by atoms with Gasteiger partial charge in [-0.25, -0.2) is 9.78 Å². The summed E-state index contributed by atoms with van der Waals surface area (Å²) in [5, 5.41) is 0.474. The van der Waals surface area contributed by atoms with Crippen molar-refractivity contribution < 1.29 is 14.3 Å². The first-order valence-corrected chi connectivity index (χ1v) is 9.69. The fourth-order valence-corrected chi connectivity index (χ4v) is 3.84. The van der Waals surface area contributed by atoms with Gasteiger partial charge in [0.15, 0.2) is 0 Å². The average Bonchev–Trinajstić information content (AvgIpc) is 2.98. The van der Waals surface area contributed by atoms with Crippen molar-refractivity contribution in [1.29, 1.82) is 0 Å². The molecule has 0 saturated carbocycles. The maximum absolute atomic E-state index is 12.8. The second-order valence-corrected chi connectivity index (χ2v) is 8.51. The fraction of sp³-hybridized carbons (Fsp3) is 0.632. The van der Waals surface area contributed by atoms with Gasteiger partial charge in [0.2, 0.25) is 5.91 Å². The molecule has 8 heteroatoms. The smallest absolute Gasteiger partial charge is 0.410 e. The molecular weight excluding hydrogens is 368 g/mol. The van der Waals surface area contributed by atoms with E-state index in [1.165, 1.54) is 0 Å². The summed E-state index contributed by atoms with van der Waals surface area (Å²) < 4.78 is 5.47. The van der Waals surface area contributed by atoms with Crippen molar-refractivity contribution in [2.45, 2.75) is 45.8 Å². The highest BCUT2D eigenvalue weighted by molar-refractivity contribution is 6.30. The summed E-state index contributed by atoms with van der Waals surface area (Å²) in [5.41, 5.74) is 1.29. The van der Waals surface area contributed by atoms with Gasteiger partial charge in [0.05, 0.1) is 12.2 Å². The Bertz CT molecular complexity index is 734. The van der Waals surface area contributed by atoms with E-state index < -0.39 is 5.60 Å². The molecule has 148 valence electrons. The molecule has 3 heterocycles. The number of hydrogen-bond donors (Lipinski definition) is 0. The lowest BCUT2D eigenvalue weighted by Gasteiger charge is -2.40. The van der Waals surface area contributed by atoms with Gasteiger partial charge in [0, 0.05) is 44.0 Å². The van der Waals surface area contributed by atoms with Crippen LogP contribution < -0.4 is 4.90 Å². The Labute approximate surface area is 165 Å². The summed E-state index contributed by atoms with van der Waals surface area (Å²) in [5.74, 6) is 0.0499. The van der Waals surface area contributed by atoms with Crippen molar-refractivity contribution in [3.63, 3.8) is 0 Å². The van der Waals surface area contributed by atoms with E-state index in [-0.39, 0.29) is 18.0 Å². The third kappa shape index (κ3) is 4.52. The summed E-state index contributed by atoms with van der Waals surface area (Å²) in [6.45, 7) is 10.4. The molecular formula is C19H27ClN4O3. The molecule has 27 heavy (non-hydrogen) atoms. The lowest BCUT2D eigenvalue weighted by molar-refractivity contribution is -0.120. The maximum atomic E-state index is 12.8. The number of ether oxygens (including phenoxy) is 1. The van der Waals surface area contributed by atoms with E-state index in [0.29, 0.717) is 37.9 Å². The fourth-order valence-electron chi connectivity index (χ4n) is 3.59. The molecule has 1 unspecified atom stereocenters. The zero-order chi connectivity index (χ0) is 19.8. The number of piperazine rings is 1. The zero-order valence-electron chi connectivity index (χ0n) is 16.4. The van der Waals surface area contributed by atoms with E-state index in [9.17, 15) is 9.59 Å². The van der Waals surface area contributed by atoms with Crippen LogP contribution in [-0.2, 0) is 16.0 Å². The summed E-state index contributed by atoms with van der Waals surface area (Å²) in [7, 11) is 0. The number of amides is 2. The molecule has 0 bridgehead atoms. The molecule has 1 aromatic heterocycles. The number of halogens is 1.